The molecule has 8 heteroatoms. The SMILES string of the molecule is COc1ccccc1C(C)CC(=O)N1CCC(C(=O)O)(C(F)(F)F)C1. The number of carboxylic acids is 1. The number of hydrogen-bond acceptors (Lipinski definition) is 3. The van der Waals surface area contributed by atoms with Gasteiger partial charge in [-0.05, 0) is 24.0 Å². The maximum absolute atomic E-state index is 13.2. The first kappa shape index (κ1) is 19.1. The minimum atomic E-state index is -4.90. The normalized spacial score (nSPS) is 21.9. The second-order valence-corrected chi connectivity index (χ2v) is 6.30. The van der Waals surface area contributed by atoms with Gasteiger partial charge in [0.05, 0.1) is 7.11 Å². The summed E-state index contributed by atoms with van der Waals surface area (Å²) in [4.78, 5) is 24.6. The molecule has 0 aromatic heterocycles. The van der Waals surface area contributed by atoms with Gasteiger partial charge in [-0.15, -0.1) is 0 Å². The van der Waals surface area contributed by atoms with Gasteiger partial charge in [0.25, 0.3) is 0 Å². The lowest BCUT2D eigenvalue weighted by atomic mass is 9.86. The molecule has 1 aliphatic heterocycles. The number of nitrogens with zero attached hydrogens (tertiary/aromatic N) is 1. The molecule has 1 aromatic carbocycles. The highest BCUT2D eigenvalue weighted by Crippen LogP contribution is 2.46. The Kier molecular flexibility index (Phi) is 5.29. The molecule has 1 heterocycles. The highest BCUT2D eigenvalue weighted by atomic mass is 19.4. The summed E-state index contributed by atoms with van der Waals surface area (Å²) in [6.45, 7) is 0.715. The predicted octanol–water partition coefficient (Wildman–Crippen LogP) is 3.05. The quantitative estimate of drug-likeness (QED) is 0.878. The third-order valence-electron chi connectivity index (χ3n) is 4.72. The van der Waals surface area contributed by atoms with E-state index in [1.165, 1.54) is 7.11 Å². The summed E-state index contributed by atoms with van der Waals surface area (Å²) in [5.74, 6) is -2.10. The molecule has 138 valence electrons. The average Bonchev–Trinajstić information content (AvgIpc) is 3.01. The van der Waals surface area contributed by atoms with Crippen LogP contribution in [0.15, 0.2) is 24.3 Å². The topological polar surface area (TPSA) is 66.8 Å². The largest absolute Gasteiger partial charge is 0.496 e. The fraction of sp³-hybridized carbons (Fsp3) is 0.529. The molecule has 1 aliphatic rings. The monoisotopic (exact) mass is 359 g/mol. The van der Waals surface area contributed by atoms with Crippen LogP contribution in [0.1, 0.15) is 31.2 Å². The van der Waals surface area contributed by atoms with E-state index in [1.807, 2.05) is 0 Å². The van der Waals surface area contributed by atoms with Gasteiger partial charge in [-0.3, -0.25) is 9.59 Å². The minimum absolute atomic E-state index is 0.0199. The number of likely N-dealkylation sites (tertiary alicyclic amines) is 1. The van der Waals surface area contributed by atoms with Crippen molar-refractivity contribution in [3.8, 4) is 5.75 Å². The lowest BCUT2D eigenvalue weighted by Gasteiger charge is -2.27. The molecule has 2 unspecified atom stereocenters. The summed E-state index contributed by atoms with van der Waals surface area (Å²) in [5.41, 5.74) is -2.10. The molecule has 0 radical (unpaired) electrons. The van der Waals surface area contributed by atoms with Crippen LogP contribution in [0.4, 0.5) is 13.2 Å². The number of alkyl halides is 3. The summed E-state index contributed by atoms with van der Waals surface area (Å²) in [6, 6.07) is 7.10. The van der Waals surface area contributed by atoms with Crippen LogP contribution in [0.3, 0.4) is 0 Å². The van der Waals surface area contributed by atoms with Crippen molar-refractivity contribution in [2.45, 2.75) is 31.9 Å². The molecule has 0 aliphatic carbocycles. The molecule has 25 heavy (non-hydrogen) atoms. The van der Waals surface area contributed by atoms with Gasteiger partial charge in [-0.1, -0.05) is 25.1 Å². The smallest absolute Gasteiger partial charge is 0.406 e. The Labute approximate surface area is 143 Å². The molecule has 1 fully saturated rings. The van der Waals surface area contributed by atoms with Crippen molar-refractivity contribution in [3.05, 3.63) is 29.8 Å². The predicted molar refractivity (Wildman–Crippen MR) is 83.3 cm³/mol. The van der Waals surface area contributed by atoms with Gasteiger partial charge in [0.15, 0.2) is 5.41 Å². The Morgan fingerprint density at radius 1 is 1.36 bits per heavy atom. The first-order valence-corrected chi connectivity index (χ1v) is 7.83. The number of ether oxygens (including phenoxy) is 1. The summed E-state index contributed by atoms with van der Waals surface area (Å²) in [5, 5.41) is 9.05. The maximum Gasteiger partial charge on any atom is 0.406 e. The van der Waals surface area contributed by atoms with Crippen LogP contribution in [0.5, 0.6) is 5.75 Å². The lowest BCUT2D eigenvalue weighted by Crippen LogP contribution is -2.47. The molecule has 2 atom stereocenters. The highest BCUT2D eigenvalue weighted by molar-refractivity contribution is 5.81. The molecule has 1 amide bonds. The van der Waals surface area contributed by atoms with E-state index in [0.29, 0.717) is 5.75 Å². The fourth-order valence-electron chi connectivity index (χ4n) is 3.12. The minimum Gasteiger partial charge on any atom is -0.496 e. The molecule has 2 rings (SSSR count). The molecule has 1 saturated heterocycles. The lowest BCUT2D eigenvalue weighted by molar-refractivity contribution is -0.227. The number of hydrogen-bond donors (Lipinski definition) is 1. The molecular weight excluding hydrogens is 339 g/mol. The molecule has 1 aromatic rings. The zero-order chi connectivity index (χ0) is 18.8. The number of benzene rings is 1. The van der Waals surface area contributed by atoms with Crippen molar-refractivity contribution in [1.29, 1.82) is 0 Å². The summed E-state index contributed by atoms with van der Waals surface area (Å²) < 4.78 is 44.8. The number of halogens is 3. The van der Waals surface area contributed by atoms with Gasteiger partial charge >= 0.3 is 12.1 Å². The van der Waals surface area contributed by atoms with Crippen LogP contribution >= 0.6 is 0 Å². The van der Waals surface area contributed by atoms with Crippen LogP contribution in [-0.4, -0.2) is 48.3 Å². The third kappa shape index (κ3) is 3.57. The number of carbonyl (C=O) groups is 2. The number of carbonyl (C=O) groups excluding carboxylic acids is 1. The zero-order valence-electron chi connectivity index (χ0n) is 14.0. The van der Waals surface area contributed by atoms with Crippen molar-refractivity contribution < 1.29 is 32.6 Å². The molecule has 0 spiro atoms. The van der Waals surface area contributed by atoms with E-state index in [-0.39, 0.29) is 18.9 Å². The molecule has 0 saturated carbocycles. The van der Waals surface area contributed by atoms with Gasteiger partial charge in [0.1, 0.15) is 5.75 Å². The zero-order valence-corrected chi connectivity index (χ0v) is 14.0. The van der Waals surface area contributed by atoms with E-state index in [2.05, 4.69) is 0 Å². The Morgan fingerprint density at radius 2 is 2.00 bits per heavy atom. The van der Waals surface area contributed by atoms with Gasteiger partial charge < -0.3 is 14.7 Å². The number of para-hydroxylation sites is 1. The van der Waals surface area contributed by atoms with Crippen LogP contribution < -0.4 is 4.74 Å². The Balaban J connectivity index is 2.11. The van der Waals surface area contributed by atoms with Crippen LogP contribution in [0.2, 0.25) is 0 Å². The van der Waals surface area contributed by atoms with E-state index in [9.17, 15) is 22.8 Å². The molecule has 0 bridgehead atoms. The second kappa shape index (κ2) is 6.93. The van der Waals surface area contributed by atoms with Crippen molar-refractivity contribution in [2.24, 2.45) is 5.41 Å². The van der Waals surface area contributed by atoms with E-state index >= 15 is 0 Å². The van der Waals surface area contributed by atoms with E-state index in [1.54, 1.807) is 31.2 Å². The maximum atomic E-state index is 13.2. The number of methoxy groups -OCH3 is 1. The fourth-order valence-corrected chi connectivity index (χ4v) is 3.12. The Hall–Kier alpha value is -2.25. The van der Waals surface area contributed by atoms with Gasteiger partial charge in [0, 0.05) is 19.5 Å². The van der Waals surface area contributed by atoms with E-state index in [4.69, 9.17) is 9.84 Å². The second-order valence-electron chi connectivity index (χ2n) is 6.30. The third-order valence-corrected chi connectivity index (χ3v) is 4.72. The molecule has 1 N–H and O–H groups in total. The van der Waals surface area contributed by atoms with Gasteiger partial charge in [0.2, 0.25) is 5.91 Å². The van der Waals surface area contributed by atoms with Crippen molar-refractivity contribution >= 4 is 11.9 Å². The number of carboxylic acid groups (broad SMARTS) is 1. The highest BCUT2D eigenvalue weighted by Gasteiger charge is 2.64. The van der Waals surface area contributed by atoms with E-state index in [0.717, 1.165) is 10.5 Å². The molecule has 5 nitrogen and oxygen atoms in total. The average molecular weight is 359 g/mol. The summed E-state index contributed by atoms with van der Waals surface area (Å²) in [7, 11) is 1.50. The number of aliphatic carboxylic acids is 1. The molecular formula is C17H20F3NO4. The summed E-state index contributed by atoms with van der Waals surface area (Å²) in [6.07, 6.45) is -5.54. The van der Waals surface area contributed by atoms with E-state index < -0.39 is 36.4 Å². The van der Waals surface area contributed by atoms with Crippen molar-refractivity contribution in [3.63, 3.8) is 0 Å². The van der Waals surface area contributed by atoms with Crippen LogP contribution in [-0.2, 0) is 9.59 Å². The van der Waals surface area contributed by atoms with Gasteiger partial charge in [-0.25, -0.2) is 0 Å². The number of amides is 1. The van der Waals surface area contributed by atoms with Crippen LogP contribution in [0.25, 0.3) is 0 Å². The Morgan fingerprint density at radius 3 is 2.52 bits per heavy atom. The van der Waals surface area contributed by atoms with Crippen LogP contribution in [0, 0.1) is 5.41 Å². The first-order chi connectivity index (χ1) is 11.6. The van der Waals surface area contributed by atoms with Crippen molar-refractivity contribution in [2.75, 3.05) is 20.2 Å². The van der Waals surface area contributed by atoms with Crippen molar-refractivity contribution in [1.82, 2.24) is 4.90 Å². The Bertz CT molecular complexity index is 662. The summed E-state index contributed by atoms with van der Waals surface area (Å²) >= 11 is 0. The first-order valence-electron chi connectivity index (χ1n) is 7.83. The number of rotatable bonds is 5. The van der Waals surface area contributed by atoms with Gasteiger partial charge in [-0.2, -0.15) is 13.2 Å². The standard InChI is InChI=1S/C17H20F3NO4/c1-11(12-5-3-4-6-13(12)25-2)9-14(22)21-8-7-16(10-21,15(23)24)17(18,19)20/h3-6,11H,7-10H2,1-2H3,(H,23,24).